The number of likely N-dealkylation sites (N-methyl/N-ethyl adjacent to an activating group) is 1. The van der Waals surface area contributed by atoms with Gasteiger partial charge in [-0.1, -0.05) is 18.2 Å². The van der Waals surface area contributed by atoms with Crippen molar-refractivity contribution < 1.29 is 0 Å². The summed E-state index contributed by atoms with van der Waals surface area (Å²) >= 11 is 0. The lowest BCUT2D eigenvalue weighted by Gasteiger charge is -2.23. The third-order valence-electron chi connectivity index (χ3n) is 4.19. The fraction of sp³-hybridized carbons (Fsp3) is 0.438. The zero-order valence-electron chi connectivity index (χ0n) is 12.2. The number of para-hydroxylation sites is 1. The molecule has 1 unspecified atom stereocenters. The topological polar surface area (TPSA) is 45.4 Å². The summed E-state index contributed by atoms with van der Waals surface area (Å²) in [5, 5.41) is 1.23. The second-order valence-electron chi connectivity index (χ2n) is 5.71. The Morgan fingerprint density at radius 2 is 2.15 bits per heavy atom. The highest BCUT2D eigenvalue weighted by Crippen LogP contribution is 2.30. The Kier molecular flexibility index (Phi) is 3.59. The van der Waals surface area contributed by atoms with Crippen LogP contribution in [0.4, 0.5) is 5.69 Å². The highest BCUT2D eigenvalue weighted by atomic mass is 15.2. The molecule has 3 rings (SSSR count). The van der Waals surface area contributed by atoms with Gasteiger partial charge in [-0.05, 0) is 32.6 Å². The second-order valence-corrected chi connectivity index (χ2v) is 5.71. The monoisotopic (exact) mass is 270 g/mol. The summed E-state index contributed by atoms with van der Waals surface area (Å²) in [6.45, 7) is 2.66. The molecule has 0 amide bonds. The molecule has 20 heavy (non-hydrogen) atoms. The smallest absolute Gasteiger partial charge is 0.0726 e. The minimum atomic E-state index is 0.489. The lowest BCUT2D eigenvalue weighted by Crippen LogP contribution is -2.31. The predicted molar refractivity (Wildman–Crippen MR) is 83.9 cm³/mol. The first kappa shape index (κ1) is 13.3. The standard InChI is InChI=1S/C16H22N4/c1-19(2)13-7-8-20(11-13)16-9-12(10-17)18-15-6-4-3-5-14(15)16/h3-6,9,13H,7-8,10-11,17H2,1-2H3. The zero-order valence-corrected chi connectivity index (χ0v) is 12.2. The number of benzene rings is 1. The van der Waals surface area contributed by atoms with Gasteiger partial charge in [-0.2, -0.15) is 0 Å². The van der Waals surface area contributed by atoms with Crippen molar-refractivity contribution in [1.82, 2.24) is 9.88 Å². The molecule has 2 N–H and O–H groups in total. The Hall–Kier alpha value is -1.65. The molecule has 1 aliphatic heterocycles. The predicted octanol–water partition coefficient (Wildman–Crippen LogP) is 1.83. The quantitative estimate of drug-likeness (QED) is 0.924. The first-order chi connectivity index (χ1) is 9.69. The highest BCUT2D eigenvalue weighted by molar-refractivity contribution is 5.92. The molecule has 0 saturated carbocycles. The Labute approximate surface area is 120 Å². The Bertz CT molecular complexity index is 608. The highest BCUT2D eigenvalue weighted by Gasteiger charge is 2.25. The summed E-state index contributed by atoms with van der Waals surface area (Å²) in [4.78, 5) is 9.40. The van der Waals surface area contributed by atoms with Crippen LogP contribution in [0, 0.1) is 0 Å². The summed E-state index contributed by atoms with van der Waals surface area (Å²) in [5.41, 5.74) is 9.08. The van der Waals surface area contributed by atoms with E-state index in [0.717, 1.165) is 24.3 Å². The average molecular weight is 270 g/mol. The molecule has 0 spiro atoms. The van der Waals surface area contributed by atoms with Gasteiger partial charge in [-0.3, -0.25) is 4.98 Å². The number of anilines is 1. The van der Waals surface area contributed by atoms with Gasteiger partial charge in [0.15, 0.2) is 0 Å². The molecule has 0 aliphatic carbocycles. The Balaban J connectivity index is 2.02. The zero-order chi connectivity index (χ0) is 14.1. The first-order valence-corrected chi connectivity index (χ1v) is 7.19. The average Bonchev–Trinajstić information content (AvgIpc) is 2.96. The number of hydrogen-bond donors (Lipinski definition) is 1. The van der Waals surface area contributed by atoms with Crippen LogP contribution in [0.1, 0.15) is 12.1 Å². The molecule has 106 valence electrons. The van der Waals surface area contributed by atoms with Crippen LogP contribution < -0.4 is 10.6 Å². The number of nitrogens with zero attached hydrogens (tertiary/aromatic N) is 3. The maximum atomic E-state index is 5.79. The summed E-state index contributed by atoms with van der Waals surface area (Å²) in [6.07, 6.45) is 1.21. The minimum absolute atomic E-state index is 0.489. The number of rotatable bonds is 3. The van der Waals surface area contributed by atoms with Gasteiger partial charge in [-0.25, -0.2) is 0 Å². The van der Waals surface area contributed by atoms with Gasteiger partial charge < -0.3 is 15.5 Å². The van der Waals surface area contributed by atoms with Crippen LogP contribution in [0.3, 0.4) is 0 Å². The molecule has 1 fully saturated rings. The van der Waals surface area contributed by atoms with Crippen molar-refractivity contribution in [2.45, 2.75) is 19.0 Å². The van der Waals surface area contributed by atoms with Gasteiger partial charge in [0.2, 0.25) is 0 Å². The van der Waals surface area contributed by atoms with E-state index in [4.69, 9.17) is 5.73 Å². The molecule has 1 atom stereocenters. The van der Waals surface area contributed by atoms with E-state index in [1.165, 1.54) is 17.5 Å². The van der Waals surface area contributed by atoms with Crippen LogP contribution >= 0.6 is 0 Å². The normalized spacial score (nSPS) is 19.2. The van der Waals surface area contributed by atoms with Crippen LogP contribution in [0.25, 0.3) is 10.9 Å². The van der Waals surface area contributed by atoms with E-state index < -0.39 is 0 Å². The molecule has 1 aromatic carbocycles. The van der Waals surface area contributed by atoms with Crippen LogP contribution in [-0.4, -0.2) is 43.1 Å². The van der Waals surface area contributed by atoms with E-state index in [1.54, 1.807) is 0 Å². The molecular formula is C16H22N4. The van der Waals surface area contributed by atoms with Crippen molar-refractivity contribution in [2.24, 2.45) is 5.73 Å². The van der Waals surface area contributed by atoms with Crippen LogP contribution in [0.2, 0.25) is 0 Å². The van der Waals surface area contributed by atoms with Crippen molar-refractivity contribution >= 4 is 16.6 Å². The van der Waals surface area contributed by atoms with E-state index in [2.05, 4.69) is 53.1 Å². The van der Waals surface area contributed by atoms with Gasteiger partial charge in [-0.15, -0.1) is 0 Å². The molecular weight excluding hydrogens is 248 g/mol. The molecule has 2 aromatic rings. The van der Waals surface area contributed by atoms with Crippen molar-refractivity contribution in [1.29, 1.82) is 0 Å². The molecule has 4 nitrogen and oxygen atoms in total. The van der Waals surface area contributed by atoms with Gasteiger partial charge in [0.05, 0.1) is 11.2 Å². The molecule has 1 aliphatic rings. The number of hydrogen-bond acceptors (Lipinski definition) is 4. The Morgan fingerprint density at radius 1 is 1.35 bits per heavy atom. The van der Waals surface area contributed by atoms with E-state index in [-0.39, 0.29) is 0 Å². The van der Waals surface area contributed by atoms with Crippen LogP contribution in [0.15, 0.2) is 30.3 Å². The van der Waals surface area contributed by atoms with Crippen molar-refractivity contribution in [2.75, 3.05) is 32.1 Å². The Morgan fingerprint density at radius 3 is 2.85 bits per heavy atom. The molecule has 2 heterocycles. The third-order valence-corrected chi connectivity index (χ3v) is 4.19. The van der Waals surface area contributed by atoms with Gasteiger partial charge >= 0.3 is 0 Å². The summed E-state index contributed by atoms with van der Waals surface area (Å²) in [6, 6.07) is 11.1. The molecule has 4 heteroatoms. The number of fused-ring (bicyclic) bond motifs is 1. The maximum Gasteiger partial charge on any atom is 0.0726 e. The largest absolute Gasteiger partial charge is 0.369 e. The SMILES string of the molecule is CN(C)C1CCN(c2cc(CN)nc3ccccc23)C1. The molecule has 0 bridgehead atoms. The number of aromatic nitrogens is 1. The summed E-state index contributed by atoms with van der Waals surface area (Å²) < 4.78 is 0. The van der Waals surface area contributed by atoms with Crippen molar-refractivity contribution in [3.8, 4) is 0 Å². The first-order valence-electron chi connectivity index (χ1n) is 7.19. The van der Waals surface area contributed by atoms with E-state index in [9.17, 15) is 0 Å². The minimum Gasteiger partial charge on any atom is -0.369 e. The third kappa shape index (κ3) is 2.37. The molecule has 1 saturated heterocycles. The van der Waals surface area contributed by atoms with Gasteiger partial charge in [0, 0.05) is 36.7 Å². The lowest BCUT2D eigenvalue weighted by molar-refractivity contribution is 0.315. The van der Waals surface area contributed by atoms with E-state index in [0.29, 0.717) is 12.6 Å². The van der Waals surface area contributed by atoms with E-state index >= 15 is 0 Å². The number of nitrogens with two attached hydrogens (primary N) is 1. The van der Waals surface area contributed by atoms with Crippen molar-refractivity contribution in [3.05, 3.63) is 36.0 Å². The molecule has 1 aromatic heterocycles. The van der Waals surface area contributed by atoms with Crippen molar-refractivity contribution in [3.63, 3.8) is 0 Å². The van der Waals surface area contributed by atoms with Crippen LogP contribution in [0.5, 0.6) is 0 Å². The fourth-order valence-corrected chi connectivity index (χ4v) is 2.96. The lowest BCUT2D eigenvalue weighted by atomic mass is 10.1. The van der Waals surface area contributed by atoms with Gasteiger partial charge in [0.1, 0.15) is 0 Å². The second kappa shape index (κ2) is 5.38. The summed E-state index contributed by atoms with van der Waals surface area (Å²) in [7, 11) is 4.31. The molecule has 0 radical (unpaired) electrons. The maximum absolute atomic E-state index is 5.79. The van der Waals surface area contributed by atoms with Gasteiger partial charge in [0.25, 0.3) is 0 Å². The van der Waals surface area contributed by atoms with E-state index in [1.807, 2.05) is 6.07 Å². The number of pyridine rings is 1. The van der Waals surface area contributed by atoms with Crippen LogP contribution in [-0.2, 0) is 6.54 Å². The fourth-order valence-electron chi connectivity index (χ4n) is 2.96. The summed E-state index contributed by atoms with van der Waals surface area (Å²) in [5.74, 6) is 0.